The van der Waals surface area contributed by atoms with Crippen LogP contribution < -0.4 is 4.90 Å². The first-order chi connectivity index (χ1) is 14.3. The molecule has 0 bridgehead atoms. The lowest BCUT2D eigenvalue weighted by atomic mass is 10.1. The second-order valence-corrected chi connectivity index (χ2v) is 8.08. The molecule has 1 fully saturated rings. The van der Waals surface area contributed by atoms with Crippen molar-refractivity contribution in [1.82, 2.24) is 9.88 Å². The Morgan fingerprint density at radius 1 is 1.07 bits per heavy atom. The van der Waals surface area contributed by atoms with Gasteiger partial charge in [-0.15, -0.1) is 11.3 Å². The van der Waals surface area contributed by atoms with Crippen molar-refractivity contribution < 1.29 is 9.53 Å². The molecule has 0 spiro atoms. The number of amides is 1. The van der Waals surface area contributed by atoms with Gasteiger partial charge in [0.25, 0.3) is 5.91 Å². The van der Waals surface area contributed by atoms with Crippen LogP contribution in [0.25, 0.3) is 0 Å². The van der Waals surface area contributed by atoms with Gasteiger partial charge in [0, 0.05) is 30.7 Å². The van der Waals surface area contributed by atoms with Crippen LogP contribution >= 0.6 is 11.3 Å². The van der Waals surface area contributed by atoms with Crippen LogP contribution in [-0.2, 0) is 17.7 Å². The average Bonchev–Trinajstić information content (AvgIpc) is 3.31. The topological polar surface area (TPSA) is 45.7 Å². The minimum atomic E-state index is 0.0235. The van der Waals surface area contributed by atoms with Crippen LogP contribution in [0.2, 0.25) is 0 Å². The number of aromatic nitrogens is 1. The molecule has 0 radical (unpaired) electrons. The number of thiophene rings is 1. The lowest BCUT2D eigenvalue weighted by Crippen LogP contribution is -2.37. The van der Waals surface area contributed by atoms with E-state index in [1.54, 1.807) is 17.5 Å². The summed E-state index contributed by atoms with van der Waals surface area (Å²) in [4.78, 5) is 23.1. The molecule has 1 saturated heterocycles. The third-order valence-electron chi connectivity index (χ3n) is 5.06. The average molecular weight is 408 g/mol. The molecule has 0 N–H and O–H groups in total. The summed E-state index contributed by atoms with van der Waals surface area (Å²) in [7, 11) is 0. The van der Waals surface area contributed by atoms with E-state index in [1.807, 2.05) is 46.7 Å². The zero-order valence-electron chi connectivity index (χ0n) is 16.4. The van der Waals surface area contributed by atoms with E-state index in [9.17, 15) is 4.79 Å². The molecule has 1 aliphatic heterocycles. The van der Waals surface area contributed by atoms with E-state index in [-0.39, 0.29) is 5.91 Å². The Kier molecular flexibility index (Phi) is 6.54. The van der Waals surface area contributed by atoms with Crippen LogP contribution in [0, 0.1) is 0 Å². The van der Waals surface area contributed by atoms with Crippen LogP contribution in [0.15, 0.2) is 66.2 Å². The minimum absolute atomic E-state index is 0.0235. The molecule has 4 rings (SSSR count). The number of benzene rings is 1. The molecule has 3 aromatic rings. The first-order valence-corrected chi connectivity index (χ1v) is 10.8. The van der Waals surface area contributed by atoms with Gasteiger partial charge in [0.05, 0.1) is 25.3 Å². The highest BCUT2D eigenvalue weighted by Gasteiger charge is 2.18. The van der Waals surface area contributed by atoms with Crippen LogP contribution in [0.5, 0.6) is 0 Å². The first kappa shape index (κ1) is 19.6. The van der Waals surface area contributed by atoms with Crippen LogP contribution in [0.3, 0.4) is 0 Å². The van der Waals surface area contributed by atoms with Gasteiger partial charge >= 0.3 is 0 Å². The van der Waals surface area contributed by atoms with Gasteiger partial charge in [-0.05, 0) is 35.6 Å². The predicted octanol–water partition coefficient (Wildman–Crippen LogP) is 3.86. The second kappa shape index (κ2) is 9.67. The summed E-state index contributed by atoms with van der Waals surface area (Å²) < 4.78 is 5.40. The zero-order chi connectivity index (χ0) is 19.9. The SMILES string of the molecule is O=C(c1ccc(N2CCOCC2)nc1)N(CCc1ccccc1)Cc1cccs1. The van der Waals surface area contributed by atoms with Crippen molar-refractivity contribution in [2.24, 2.45) is 0 Å². The lowest BCUT2D eigenvalue weighted by Gasteiger charge is -2.28. The smallest absolute Gasteiger partial charge is 0.255 e. The second-order valence-electron chi connectivity index (χ2n) is 7.05. The van der Waals surface area contributed by atoms with Crippen molar-refractivity contribution in [2.45, 2.75) is 13.0 Å². The summed E-state index contributed by atoms with van der Waals surface area (Å²) in [6.07, 6.45) is 2.54. The Bertz CT molecular complexity index is 892. The van der Waals surface area contributed by atoms with E-state index >= 15 is 0 Å². The number of rotatable bonds is 7. The lowest BCUT2D eigenvalue weighted by molar-refractivity contribution is 0.0746. The summed E-state index contributed by atoms with van der Waals surface area (Å²) in [6.45, 7) is 4.40. The number of nitrogens with zero attached hydrogens (tertiary/aromatic N) is 3. The standard InChI is InChI=1S/C23H25N3O2S/c27-23(20-8-9-22(24-17-20)25-12-14-28-15-13-25)26(18-21-7-4-16-29-21)11-10-19-5-2-1-3-6-19/h1-9,16-17H,10-15,18H2. The highest BCUT2D eigenvalue weighted by Crippen LogP contribution is 2.18. The molecular weight excluding hydrogens is 382 g/mol. The van der Waals surface area contributed by atoms with E-state index in [1.165, 1.54) is 10.4 Å². The van der Waals surface area contributed by atoms with E-state index in [2.05, 4.69) is 28.1 Å². The number of hydrogen-bond donors (Lipinski definition) is 0. The molecule has 1 aliphatic rings. The van der Waals surface area contributed by atoms with Crippen molar-refractivity contribution in [2.75, 3.05) is 37.7 Å². The fraction of sp³-hybridized carbons (Fsp3) is 0.304. The quantitative estimate of drug-likeness (QED) is 0.597. The number of ether oxygens (including phenoxy) is 1. The molecule has 0 aliphatic carbocycles. The Balaban J connectivity index is 1.47. The first-order valence-electron chi connectivity index (χ1n) is 9.94. The van der Waals surface area contributed by atoms with Crippen molar-refractivity contribution in [1.29, 1.82) is 0 Å². The van der Waals surface area contributed by atoms with Gasteiger partial charge in [-0.2, -0.15) is 0 Å². The fourth-order valence-corrected chi connectivity index (χ4v) is 4.15. The Hall–Kier alpha value is -2.70. The van der Waals surface area contributed by atoms with Gasteiger partial charge in [0.2, 0.25) is 0 Å². The summed E-state index contributed by atoms with van der Waals surface area (Å²) in [6, 6.07) is 18.2. The van der Waals surface area contributed by atoms with Crippen molar-refractivity contribution in [3.05, 3.63) is 82.2 Å². The third kappa shape index (κ3) is 5.22. The normalized spacial score (nSPS) is 14.0. The predicted molar refractivity (Wildman–Crippen MR) is 116 cm³/mol. The van der Waals surface area contributed by atoms with E-state index in [0.29, 0.717) is 18.7 Å². The maximum absolute atomic E-state index is 13.2. The van der Waals surface area contributed by atoms with Crippen molar-refractivity contribution in [3.8, 4) is 0 Å². The molecule has 150 valence electrons. The van der Waals surface area contributed by atoms with Gasteiger partial charge in [-0.25, -0.2) is 4.98 Å². The molecule has 0 unspecified atom stereocenters. The molecule has 6 heteroatoms. The van der Waals surface area contributed by atoms with Gasteiger partial charge in [0.15, 0.2) is 0 Å². The summed E-state index contributed by atoms with van der Waals surface area (Å²) in [5.74, 6) is 0.925. The van der Waals surface area contributed by atoms with Crippen molar-refractivity contribution >= 4 is 23.1 Å². The van der Waals surface area contributed by atoms with Crippen LogP contribution in [0.4, 0.5) is 5.82 Å². The molecule has 0 saturated carbocycles. The van der Waals surface area contributed by atoms with Gasteiger partial charge in [-0.1, -0.05) is 36.4 Å². The molecule has 5 nitrogen and oxygen atoms in total. The number of carbonyl (C=O) groups is 1. The van der Waals surface area contributed by atoms with Crippen LogP contribution in [0.1, 0.15) is 20.8 Å². The maximum Gasteiger partial charge on any atom is 0.255 e. The highest BCUT2D eigenvalue weighted by atomic mass is 32.1. The Labute approximate surface area is 175 Å². The summed E-state index contributed by atoms with van der Waals surface area (Å²) in [5, 5.41) is 2.05. The molecular formula is C23H25N3O2S. The molecule has 1 aromatic carbocycles. The summed E-state index contributed by atoms with van der Waals surface area (Å²) >= 11 is 1.68. The molecule has 2 aromatic heterocycles. The highest BCUT2D eigenvalue weighted by molar-refractivity contribution is 7.09. The van der Waals surface area contributed by atoms with Gasteiger partial charge in [0.1, 0.15) is 5.82 Å². The molecule has 1 amide bonds. The largest absolute Gasteiger partial charge is 0.378 e. The molecule has 29 heavy (non-hydrogen) atoms. The van der Waals surface area contributed by atoms with Gasteiger partial charge in [-0.3, -0.25) is 4.79 Å². The number of pyridine rings is 1. The number of morpholine rings is 1. The van der Waals surface area contributed by atoms with Crippen molar-refractivity contribution in [3.63, 3.8) is 0 Å². The van der Waals surface area contributed by atoms with Gasteiger partial charge < -0.3 is 14.5 Å². The monoisotopic (exact) mass is 407 g/mol. The maximum atomic E-state index is 13.2. The van der Waals surface area contributed by atoms with Crippen LogP contribution in [-0.4, -0.2) is 48.6 Å². The number of carbonyl (C=O) groups excluding carboxylic acids is 1. The molecule has 0 atom stereocenters. The molecule has 3 heterocycles. The van der Waals surface area contributed by atoms with E-state index in [0.717, 1.165) is 38.5 Å². The number of hydrogen-bond acceptors (Lipinski definition) is 5. The Morgan fingerprint density at radius 2 is 1.90 bits per heavy atom. The fourth-order valence-electron chi connectivity index (χ4n) is 3.43. The third-order valence-corrected chi connectivity index (χ3v) is 5.92. The van der Waals surface area contributed by atoms with E-state index < -0.39 is 0 Å². The number of anilines is 1. The van der Waals surface area contributed by atoms with E-state index in [4.69, 9.17) is 4.74 Å². The minimum Gasteiger partial charge on any atom is -0.378 e. The Morgan fingerprint density at radius 3 is 2.59 bits per heavy atom. The zero-order valence-corrected chi connectivity index (χ0v) is 17.2. The summed E-state index contributed by atoms with van der Waals surface area (Å²) in [5.41, 5.74) is 1.86.